The number of aliphatic hydroxyl groups is 4. The zero-order chi connectivity index (χ0) is 11.0. The largest absolute Gasteiger partial charge is 0.368 e. The van der Waals surface area contributed by atoms with Gasteiger partial charge in [-0.3, -0.25) is 0 Å². The van der Waals surface area contributed by atoms with Crippen LogP contribution in [-0.4, -0.2) is 32.5 Å². The molecule has 4 N–H and O–H groups in total. The Labute approximate surface area is 85.2 Å². The predicted octanol–water partition coefficient (Wildman–Crippen LogP) is 0.729. The van der Waals surface area contributed by atoms with Gasteiger partial charge < -0.3 is 20.4 Å². The molecule has 0 amide bonds. The molecule has 14 heavy (non-hydrogen) atoms. The first-order valence-corrected chi connectivity index (χ1v) is 5.29. The molecule has 0 aromatic heterocycles. The van der Waals surface area contributed by atoms with Crippen molar-refractivity contribution in [2.75, 3.05) is 0 Å². The summed E-state index contributed by atoms with van der Waals surface area (Å²) in [5.74, 6) is -1.63. The molecule has 0 atom stereocenters. The Balaban J connectivity index is 3.50. The van der Waals surface area contributed by atoms with Crippen LogP contribution in [0.2, 0.25) is 0 Å². The topological polar surface area (TPSA) is 80.9 Å². The fourth-order valence-corrected chi connectivity index (χ4v) is 1.35. The van der Waals surface area contributed by atoms with Crippen molar-refractivity contribution >= 4 is 0 Å². The Morgan fingerprint density at radius 2 is 1.57 bits per heavy atom. The van der Waals surface area contributed by atoms with Crippen molar-refractivity contribution in [3.8, 4) is 0 Å². The van der Waals surface area contributed by atoms with Crippen molar-refractivity contribution in [2.24, 2.45) is 0 Å². The van der Waals surface area contributed by atoms with Gasteiger partial charge in [0, 0.05) is 12.8 Å². The SMILES string of the molecule is CCCCCC(O)(O)CCCC(O)O. The molecule has 0 aliphatic carbocycles. The molecule has 0 bridgehead atoms. The number of hydrogen-bond acceptors (Lipinski definition) is 4. The van der Waals surface area contributed by atoms with Gasteiger partial charge in [0.25, 0.3) is 0 Å². The highest BCUT2D eigenvalue weighted by molar-refractivity contribution is 4.64. The van der Waals surface area contributed by atoms with Crippen LogP contribution in [0.25, 0.3) is 0 Å². The molecule has 0 aromatic carbocycles. The van der Waals surface area contributed by atoms with E-state index < -0.39 is 12.1 Å². The highest BCUT2D eigenvalue weighted by Crippen LogP contribution is 2.18. The molecule has 86 valence electrons. The summed E-state index contributed by atoms with van der Waals surface area (Å²) in [6, 6.07) is 0. The molecule has 4 nitrogen and oxygen atoms in total. The van der Waals surface area contributed by atoms with Gasteiger partial charge in [-0.25, -0.2) is 0 Å². The summed E-state index contributed by atoms with van der Waals surface area (Å²) in [6.07, 6.45) is 2.66. The van der Waals surface area contributed by atoms with Gasteiger partial charge in [-0.1, -0.05) is 19.8 Å². The minimum Gasteiger partial charge on any atom is -0.368 e. The predicted molar refractivity (Wildman–Crippen MR) is 53.4 cm³/mol. The Bertz CT molecular complexity index is 134. The van der Waals surface area contributed by atoms with E-state index in [0.29, 0.717) is 12.8 Å². The Morgan fingerprint density at radius 1 is 1.00 bits per heavy atom. The van der Waals surface area contributed by atoms with Gasteiger partial charge in [0.1, 0.15) is 0 Å². The normalized spacial score (nSPS) is 12.4. The van der Waals surface area contributed by atoms with Gasteiger partial charge >= 0.3 is 0 Å². The summed E-state index contributed by atoms with van der Waals surface area (Å²) in [6.45, 7) is 2.05. The quantitative estimate of drug-likeness (QED) is 0.348. The van der Waals surface area contributed by atoms with E-state index in [1.165, 1.54) is 0 Å². The Kier molecular flexibility index (Phi) is 7.09. The maximum atomic E-state index is 9.45. The third-order valence-corrected chi connectivity index (χ3v) is 2.22. The summed E-state index contributed by atoms with van der Waals surface area (Å²) in [5.41, 5.74) is 0. The van der Waals surface area contributed by atoms with Gasteiger partial charge in [0.05, 0.1) is 0 Å². The zero-order valence-electron chi connectivity index (χ0n) is 8.82. The highest BCUT2D eigenvalue weighted by atomic mass is 16.5. The number of hydrogen-bond donors (Lipinski definition) is 4. The molecule has 0 aliphatic rings. The Morgan fingerprint density at radius 3 is 2.07 bits per heavy atom. The molecule has 0 aromatic rings. The minimum absolute atomic E-state index is 0.191. The molecular formula is C10H22O4. The molecule has 4 heteroatoms. The summed E-state index contributed by atoms with van der Waals surface area (Å²) in [7, 11) is 0. The average molecular weight is 206 g/mol. The lowest BCUT2D eigenvalue weighted by atomic mass is 10.0. The molecule has 0 radical (unpaired) electrons. The smallest absolute Gasteiger partial charge is 0.162 e. The van der Waals surface area contributed by atoms with Crippen molar-refractivity contribution in [1.29, 1.82) is 0 Å². The standard InChI is InChI=1S/C10H22O4/c1-2-3-4-7-10(13,14)8-5-6-9(11)12/h9,11-14H,2-8H2,1H3. The van der Waals surface area contributed by atoms with Gasteiger partial charge in [0.15, 0.2) is 12.1 Å². The van der Waals surface area contributed by atoms with Crippen LogP contribution in [0.4, 0.5) is 0 Å². The first-order valence-electron chi connectivity index (χ1n) is 5.29. The fraction of sp³-hybridized carbons (Fsp3) is 1.00. The van der Waals surface area contributed by atoms with Crippen molar-refractivity contribution in [3.63, 3.8) is 0 Å². The summed E-state index contributed by atoms with van der Waals surface area (Å²) in [4.78, 5) is 0. The molecule has 0 spiro atoms. The lowest BCUT2D eigenvalue weighted by Crippen LogP contribution is -2.28. The van der Waals surface area contributed by atoms with Crippen molar-refractivity contribution in [1.82, 2.24) is 0 Å². The van der Waals surface area contributed by atoms with Gasteiger partial charge in [-0.2, -0.15) is 0 Å². The number of rotatable bonds is 8. The first kappa shape index (κ1) is 13.8. The van der Waals surface area contributed by atoms with E-state index >= 15 is 0 Å². The second-order valence-electron chi connectivity index (χ2n) is 3.81. The third kappa shape index (κ3) is 8.44. The molecule has 0 unspecified atom stereocenters. The monoisotopic (exact) mass is 206 g/mol. The van der Waals surface area contributed by atoms with Gasteiger partial charge in [-0.15, -0.1) is 0 Å². The minimum atomic E-state index is -1.63. The van der Waals surface area contributed by atoms with E-state index in [0.717, 1.165) is 19.3 Å². The van der Waals surface area contributed by atoms with E-state index in [2.05, 4.69) is 6.92 Å². The van der Waals surface area contributed by atoms with E-state index in [1.807, 2.05) is 0 Å². The molecular weight excluding hydrogens is 184 g/mol. The van der Waals surface area contributed by atoms with Crippen LogP contribution < -0.4 is 0 Å². The van der Waals surface area contributed by atoms with E-state index in [1.54, 1.807) is 0 Å². The second kappa shape index (κ2) is 7.17. The molecule has 0 saturated carbocycles. The van der Waals surface area contributed by atoms with Crippen LogP contribution in [0.15, 0.2) is 0 Å². The summed E-state index contributed by atoms with van der Waals surface area (Å²) in [5, 5.41) is 36.0. The lowest BCUT2D eigenvalue weighted by molar-refractivity contribution is -0.174. The van der Waals surface area contributed by atoms with Crippen LogP contribution in [0, 0.1) is 0 Å². The first-order chi connectivity index (χ1) is 6.48. The third-order valence-electron chi connectivity index (χ3n) is 2.22. The number of aliphatic hydroxyl groups excluding tert-OH is 1. The van der Waals surface area contributed by atoms with Crippen molar-refractivity contribution < 1.29 is 20.4 Å². The lowest BCUT2D eigenvalue weighted by Gasteiger charge is -2.21. The van der Waals surface area contributed by atoms with Crippen LogP contribution in [0.5, 0.6) is 0 Å². The van der Waals surface area contributed by atoms with Crippen LogP contribution in [-0.2, 0) is 0 Å². The van der Waals surface area contributed by atoms with E-state index in [9.17, 15) is 10.2 Å². The molecule has 0 fully saturated rings. The van der Waals surface area contributed by atoms with Crippen molar-refractivity contribution in [2.45, 2.75) is 63.9 Å². The second-order valence-corrected chi connectivity index (χ2v) is 3.81. The maximum absolute atomic E-state index is 9.45. The van der Waals surface area contributed by atoms with Crippen LogP contribution >= 0.6 is 0 Å². The van der Waals surface area contributed by atoms with Crippen LogP contribution in [0.3, 0.4) is 0 Å². The fourth-order valence-electron chi connectivity index (χ4n) is 1.35. The van der Waals surface area contributed by atoms with E-state index in [4.69, 9.17) is 10.2 Å². The Hall–Kier alpha value is -0.160. The highest BCUT2D eigenvalue weighted by Gasteiger charge is 2.21. The van der Waals surface area contributed by atoms with Crippen LogP contribution in [0.1, 0.15) is 51.9 Å². The van der Waals surface area contributed by atoms with Crippen molar-refractivity contribution in [3.05, 3.63) is 0 Å². The van der Waals surface area contributed by atoms with E-state index in [-0.39, 0.29) is 12.8 Å². The zero-order valence-corrected chi connectivity index (χ0v) is 8.82. The molecule has 0 saturated heterocycles. The maximum Gasteiger partial charge on any atom is 0.162 e. The average Bonchev–Trinajstić information content (AvgIpc) is 2.03. The summed E-state index contributed by atoms with van der Waals surface area (Å²) < 4.78 is 0. The van der Waals surface area contributed by atoms with Gasteiger partial charge in [-0.05, 0) is 19.3 Å². The number of unbranched alkanes of at least 4 members (excludes halogenated alkanes) is 2. The molecule has 0 rings (SSSR count). The molecule has 0 aliphatic heterocycles. The van der Waals surface area contributed by atoms with Gasteiger partial charge in [0.2, 0.25) is 0 Å². The molecule has 0 heterocycles. The summed E-state index contributed by atoms with van der Waals surface area (Å²) >= 11 is 0.